The van der Waals surface area contributed by atoms with Crippen molar-refractivity contribution in [1.29, 1.82) is 0 Å². The summed E-state index contributed by atoms with van der Waals surface area (Å²) >= 11 is 1.41. The first kappa shape index (κ1) is 34.5. The van der Waals surface area contributed by atoms with Crippen LogP contribution in [0.2, 0.25) is 0 Å². The highest BCUT2D eigenvalue weighted by Crippen LogP contribution is 2.41. The van der Waals surface area contributed by atoms with Crippen molar-refractivity contribution in [3.8, 4) is 11.4 Å². The predicted octanol–water partition coefficient (Wildman–Crippen LogP) is 7.44. The summed E-state index contributed by atoms with van der Waals surface area (Å²) in [5.41, 5.74) is 4.06. The Hall–Kier alpha value is -3.85. The molecule has 0 radical (unpaired) electrons. The van der Waals surface area contributed by atoms with E-state index in [1.54, 1.807) is 6.07 Å². The molecule has 2 amide bonds. The van der Waals surface area contributed by atoms with Crippen LogP contribution in [0.25, 0.3) is 17.0 Å². The molecule has 47 heavy (non-hydrogen) atoms. The Bertz CT molecular complexity index is 1560. The molecule has 8 nitrogen and oxygen atoms in total. The van der Waals surface area contributed by atoms with Crippen molar-refractivity contribution in [3.05, 3.63) is 75.7 Å². The highest BCUT2D eigenvalue weighted by atomic mass is 32.1. The molecule has 9 heteroatoms. The van der Waals surface area contributed by atoms with Gasteiger partial charge in [0, 0.05) is 41.4 Å². The summed E-state index contributed by atoms with van der Waals surface area (Å²) in [6, 6.07) is 10.5. The van der Waals surface area contributed by atoms with Gasteiger partial charge in [-0.25, -0.2) is 9.97 Å². The molecule has 0 spiro atoms. The lowest BCUT2D eigenvalue weighted by molar-refractivity contribution is -0.137. The molecule has 250 valence electrons. The fourth-order valence-electron chi connectivity index (χ4n) is 6.69. The van der Waals surface area contributed by atoms with E-state index in [9.17, 15) is 14.4 Å². The smallest absolute Gasteiger partial charge is 0.305 e. The third-order valence-corrected chi connectivity index (χ3v) is 11.2. The molecule has 0 saturated heterocycles. The summed E-state index contributed by atoms with van der Waals surface area (Å²) in [5.74, 6) is 1.46. The van der Waals surface area contributed by atoms with Gasteiger partial charge in [0.2, 0.25) is 5.91 Å². The number of carboxylic acids is 1. The van der Waals surface area contributed by atoms with Gasteiger partial charge in [-0.2, -0.15) is 0 Å². The Morgan fingerprint density at radius 3 is 2.23 bits per heavy atom. The number of hydrogen-bond acceptors (Lipinski definition) is 6. The quantitative estimate of drug-likeness (QED) is 0.197. The number of rotatable bonds is 11. The van der Waals surface area contributed by atoms with E-state index in [-0.39, 0.29) is 30.7 Å². The molecule has 2 atom stereocenters. The van der Waals surface area contributed by atoms with Crippen LogP contribution >= 0.6 is 11.3 Å². The molecule has 2 heterocycles. The molecule has 2 aliphatic carbocycles. The van der Waals surface area contributed by atoms with Crippen LogP contribution in [-0.2, 0) is 21.4 Å². The topological polar surface area (TPSA) is 121 Å². The SMILES string of the molecule is CC1CCC(C2CC=C(c3cnc(-c4ccc(C[C@H](NC(=O)c5ccc(C(C)(C)C)s5)C(=O)NCCC(=O)O)cc4)nc3)CC2)CC1. The fraction of sp³-hybridized carbons (Fsp3) is 0.500. The average Bonchev–Trinajstić information content (AvgIpc) is 3.57. The summed E-state index contributed by atoms with van der Waals surface area (Å²) in [6.07, 6.45) is 15.3. The molecule has 0 bridgehead atoms. The average molecular weight is 657 g/mol. The number of carbonyl (C=O) groups is 3. The number of aromatic nitrogens is 2. The van der Waals surface area contributed by atoms with Crippen molar-refractivity contribution in [2.24, 2.45) is 17.8 Å². The van der Waals surface area contributed by atoms with Crippen molar-refractivity contribution >= 4 is 34.7 Å². The first-order valence-corrected chi connectivity index (χ1v) is 17.8. The van der Waals surface area contributed by atoms with Crippen LogP contribution < -0.4 is 10.6 Å². The molecular weight excluding hydrogens is 609 g/mol. The van der Waals surface area contributed by atoms with E-state index in [1.165, 1.54) is 49.0 Å². The Balaban J connectivity index is 1.22. The van der Waals surface area contributed by atoms with Crippen LogP contribution in [0.5, 0.6) is 0 Å². The van der Waals surface area contributed by atoms with Crippen molar-refractivity contribution < 1.29 is 19.5 Å². The van der Waals surface area contributed by atoms with Gasteiger partial charge < -0.3 is 15.7 Å². The van der Waals surface area contributed by atoms with Crippen LogP contribution in [-0.4, -0.2) is 45.4 Å². The lowest BCUT2D eigenvalue weighted by atomic mass is 9.71. The fourth-order valence-corrected chi connectivity index (χ4v) is 7.65. The number of thiophene rings is 1. The van der Waals surface area contributed by atoms with Crippen molar-refractivity contribution in [2.75, 3.05) is 6.54 Å². The number of benzene rings is 1. The maximum Gasteiger partial charge on any atom is 0.305 e. The first-order valence-electron chi connectivity index (χ1n) is 17.0. The van der Waals surface area contributed by atoms with E-state index in [0.29, 0.717) is 10.7 Å². The summed E-state index contributed by atoms with van der Waals surface area (Å²) in [7, 11) is 0. The van der Waals surface area contributed by atoms with E-state index in [1.807, 2.05) is 42.7 Å². The molecule has 3 N–H and O–H groups in total. The lowest BCUT2D eigenvalue weighted by Crippen LogP contribution is -2.48. The highest BCUT2D eigenvalue weighted by molar-refractivity contribution is 7.14. The van der Waals surface area contributed by atoms with Crippen LogP contribution in [0.4, 0.5) is 0 Å². The van der Waals surface area contributed by atoms with E-state index in [2.05, 4.69) is 54.4 Å². The monoisotopic (exact) mass is 656 g/mol. The number of nitrogens with one attached hydrogen (secondary N) is 2. The Kier molecular flexibility index (Phi) is 11.3. The maximum atomic E-state index is 13.2. The standard InChI is InChI=1S/C38H48N4O4S/c1-24-5-9-26(10-6-24)27-13-15-28(16-14-27)30-22-40-35(41-23-30)29-11-7-25(8-12-29)21-31(36(45)39-20-19-34(43)44)42-37(46)32-17-18-33(47-32)38(2,3)4/h7-8,11-12,15,17-18,22-24,26-27,31H,5-6,9-10,13-14,16,19-21H2,1-4H3,(H,39,45)(H,42,46)(H,43,44)/t24?,26?,27?,31-/m0/s1. The number of nitrogens with zero attached hydrogens (tertiary/aromatic N) is 2. The second-order valence-electron chi connectivity index (χ2n) is 14.4. The maximum absolute atomic E-state index is 13.2. The summed E-state index contributed by atoms with van der Waals surface area (Å²) in [6.45, 7) is 8.63. The number of carbonyl (C=O) groups excluding carboxylic acids is 2. The molecular formula is C38H48N4O4S. The normalized spacial score (nSPS) is 20.6. The van der Waals surface area contributed by atoms with Gasteiger partial charge in [0.05, 0.1) is 11.3 Å². The van der Waals surface area contributed by atoms with Crippen molar-refractivity contribution in [3.63, 3.8) is 0 Å². The van der Waals surface area contributed by atoms with Gasteiger partial charge in [0.25, 0.3) is 5.91 Å². The predicted molar refractivity (Wildman–Crippen MR) is 187 cm³/mol. The molecule has 1 aromatic carbocycles. The van der Waals surface area contributed by atoms with E-state index in [4.69, 9.17) is 5.11 Å². The third kappa shape index (κ3) is 9.37. The zero-order valence-corrected chi connectivity index (χ0v) is 28.9. The second kappa shape index (κ2) is 15.4. The van der Waals surface area contributed by atoms with E-state index < -0.39 is 17.9 Å². The van der Waals surface area contributed by atoms with Crippen LogP contribution in [0.3, 0.4) is 0 Å². The molecule has 0 aliphatic heterocycles. The van der Waals surface area contributed by atoms with Gasteiger partial charge in [0.1, 0.15) is 6.04 Å². The Morgan fingerprint density at radius 1 is 0.936 bits per heavy atom. The Labute approximate surface area is 282 Å². The Morgan fingerprint density at radius 2 is 1.64 bits per heavy atom. The van der Waals surface area contributed by atoms with Gasteiger partial charge in [-0.3, -0.25) is 14.4 Å². The molecule has 2 aromatic heterocycles. The minimum atomic E-state index is -1.00. The molecule has 1 fully saturated rings. The zero-order valence-electron chi connectivity index (χ0n) is 28.1. The van der Waals surface area contributed by atoms with Gasteiger partial charge >= 0.3 is 5.97 Å². The largest absolute Gasteiger partial charge is 0.481 e. The lowest BCUT2D eigenvalue weighted by Gasteiger charge is -2.34. The van der Waals surface area contributed by atoms with E-state index in [0.717, 1.165) is 52.2 Å². The first-order chi connectivity index (χ1) is 22.5. The molecule has 3 aromatic rings. The summed E-state index contributed by atoms with van der Waals surface area (Å²) < 4.78 is 0. The molecule has 1 saturated carbocycles. The third-order valence-electron chi connectivity index (χ3n) is 9.68. The zero-order chi connectivity index (χ0) is 33.6. The van der Waals surface area contributed by atoms with Crippen LogP contribution in [0, 0.1) is 17.8 Å². The number of aliphatic carboxylic acids is 1. The number of hydrogen-bond donors (Lipinski definition) is 3. The van der Waals surface area contributed by atoms with Crippen molar-refractivity contribution in [2.45, 2.75) is 96.9 Å². The molecule has 2 aliphatic rings. The highest BCUT2D eigenvalue weighted by Gasteiger charge is 2.28. The van der Waals surface area contributed by atoms with E-state index >= 15 is 0 Å². The number of amides is 2. The number of allylic oxidation sites excluding steroid dienone is 2. The minimum absolute atomic E-state index is 0.0165. The molecule has 5 rings (SSSR count). The minimum Gasteiger partial charge on any atom is -0.481 e. The number of carboxylic acid groups (broad SMARTS) is 1. The summed E-state index contributed by atoms with van der Waals surface area (Å²) in [5, 5.41) is 14.5. The van der Waals surface area contributed by atoms with Gasteiger partial charge in [-0.1, -0.05) is 70.9 Å². The second-order valence-corrected chi connectivity index (χ2v) is 15.4. The van der Waals surface area contributed by atoms with Gasteiger partial charge in [0.15, 0.2) is 5.82 Å². The van der Waals surface area contributed by atoms with Crippen molar-refractivity contribution in [1.82, 2.24) is 20.6 Å². The van der Waals surface area contributed by atoms with Gasteiger partial charge in [-0.05, 0) is 78.5 Å². The summed E-state index contributed by atoms with van der Waals surface area (Å²) in [4.78, 5) is 48.2. The van der Waals surface area contributed by atoms with Crippen LogP contribution in [0.1, 0.15) is 105 Å². The van der Waals surface area contributed by atoms with Crippen LogP contribution in [0.15, 0.2) is 54.9 Å². The van der Waals surface area contributed by atoms with Gasteiger partial charge in [-0.15, -0.1) is 11.3 Å². The molecule has 1 unspecified atom stereocenters.